The maximum Gasteiger partial charge on any atom is 0.338 e. The molecule has 0 heterocycles. The van der Waals surface area contributed by atoms with Crippen LogP contribution in [0.3, 0.4) is 0 Å². The Labute approximate surface area is 222 Å². The van der Waals surface area contributed by atoms with Gasteiger partial charge in [0.25, 0.3) is 0 Å². The van der Waals surface area contributed by atoms with Crippen LogP contribution in [-0.4, -0.2) is 68.0 Å². The van der Waals surface area contributed by atoms with E-state index in [-0.39, 0.29) is 25.2 Å². The molecule has 0 bridgehead atoms. The molecule has 208 valence electrons. The molecule has 12 heteroatoms. The Bertz CT molecular complexity index is 990. The average Bonchev–Trinajstić information content (AvgIpc) is 2.88. The second-order valence-corrected chi connectivity index (χ2v) is 8.40. The summed E-state index contributed by atoms with van der Waals surface area (Å²) in [5.41, 5.74) is 11.6. The number of carbonyl (C=O) groups is 4. The lowest BCUT2D eigenvalue weighted by Crippen LogP contribution is -2.78. The lowest BCUT2D eigenvalue weighted by Gasteiger charge is -2.24. The Morgan fingerprint density at radius 3 is 2.16 bits per heavy atom. The number of esters is 1. The van der Waals surface area contributed by atoms with Gasteiger partial charge in [-0.05, 0) is 37.0 Å². The van der Waals surface area contributed by atoms with Crippen LogP contribution in [0.15, 0.2) is 49.6 Å². The highest BCUT2D eigenvalue weighted by atomic mass is 16.5. The summed E-state index contributed by atoms with van der Waals surface area (Å²) >= 11 is 0. The number of amides is 3. The van der Waals surface area contributed by atoms with Crippen molar-refractivity contribution in [2.75, 3.05) is 20.3 Å². The summed E-state index contributed by atoms with van der Waals surface area (Å²) < 4.78 is 10.2. The fraction of sp³-hybridized carbons (Fsp3) is 0.423. The van der Waals surface area contributed by atoms with Gasteiger partial charge in [0.1, 0.15) is 30.5 Å². The van der Waals surface area contributed by atoms with Crippen LogP contribution in [0.2, 0.25) is 0 Å². The third-order valence-corrected chi connectivity index (χ3v) is 5.26. The first-order valence-corrected chi connectivity index (χ1v) is 12.1. The van der Waals surface area contributed by atoms with Gasteiger partial charge in [0.15, 0.2) is 0 Å². The highest BCUT2D eigenvalue weighted by molar-refractivity contribution is 5.93. The van der Waals surface area contributed by atoms with Gasteiger partial charge in [0, 0.05) is 13.3 Å². The molecule has 0 saturated heterocycles. The zero-order chi connectivity index (χ0) is 28.5. The molecule has 0 aliphatic carbocycles. The van der Waals surface area contributed by atoms with Gasteiger partial charge in [-0.1, -0.05) is 30.9 Å². The molecule has 0 unspecified atom stereocenters. The van der Waals surface area contributed by atoms with Crippen molar-refractivity contribution in [1.29, 1.82) is 0 Å². The minimum atomic E-state index is -1.02. The number of guanidine groups is 1. The predicted octanol–water partition coefficient (Wildman–Crippen LogP) is -1.85. The third kappa shape index (κ3) is 12.1. The van der Waals surface area contributed by atoms with Crippen molar-refractivity contribution in [3.63, 3.8) is 0 Å². The lowest BCUT2D eigenvalue weighted by atomic mass is 10.0. The summed E-state index contributed by atoms with van der Waals surface area (Å²) in [6.07, 6.45) is 4.02. The third-order valence-electron chi connectivity index (χ3n) is 5.26. The van der Waals surface area contributed by atoms with Gasteiger partial charge in [0.05, 0.1) is 13.7 Å². The summed E-state index contributed by atoms with van der Waals surface area (Å²) in [6.45, 7) is 9.20. The van der Waals surface area contributed by atoms with E-state index in [0.29, 0.717) is 25.3 Å². The van der Waals surface area contributed by atoms with Gasteiger partial charge < -0.3 is 25.4 Å². The van der Waals surface area contributed by atoms with Crippen LogP contribution in [0, 0.1) is 0 Å². The first-order valence-electron chi connectivity index (χ1n) is 12.1. The molecular weight excluding hydrogens is 492 g/mol. The molecule has 8 N–H and O–H groups in total. The summed E-state index contributed by atoms with van der Waals surface area (Å²) in [4.78, 5) is 53.0. The van der Waals surface area contributed by atoms with E-state index in [9.17, 15) is 19.2 Å². The quantitative estimate of drug-likeness (QED) is 0.0444. The first-order chi connectivity index (χ1) is 18.1. The van der Waals surface area contributed by atoms with E-state index in [2.05, 4.69) is 34.1 Å². The summed E-state index contributed by atoms with van der Waals surface area (Å²) in [5, 5.41) is 7.92. The van der Waals surface area contributed by atoms with Crippen molar-refractivity contribution in [3.8, 4) is 5.75 Å². The Morgan fingerprint density at radius 1 is 0.974 bits per heavy atom. The van der Waals surface area contributed by atoms with Gasteiger partial charge >= 0.3 is 11.9 Å². The molecule has 3 amide bonds. The lowest BCUT2D eigenvalue weighted by molar-refractivity contribution is -0.459. The monoisotopic (exact) mass is 531 g/mol. The van der Waals surface area contributed by atoms with E-state index in [1.807, 2.05) is 0 Å². The molecule has 0 spiro atoms. The van der Waals surface area contributed by atoms with Crippen LogP contribution < -0.4 is 37.1 Å². The SMILES string of the molecule is C=CCOc1ccc(C[C@H](NC(C)=O)C(=O)N[C@@H](CCC[NH+]=C(N)N)C(=O)N[C@@H](CC=C)C(=O)OC)cc1. The van der Waals surface area contributed by atoms with Crippen LogP contribution in [0.25, 0.3) is 0 Å². The fourth-order valence-corrected chi connectivity index (χ4v) is 3.44. The van der Waals surface area contributed by atoms with Crippen molar-refractivity contribution < 1.29 is 33.6 Å². The van der Waals surface area contributed by atoms with Crippen LogP contribution >= 0.6 is 0 Å². The number of methoxy groups -OCH3 is 1. The molecule has 0 saturated carbocycles. The van der Waals surface area contributed by atoms with Crippen LogP contribution in [-0.2, 0) is 30.3 Å². The molecule has 0 aromatic heterocycles. The number of carbonyl (C=O) groups excluding carboxylic acids is 4. The standard InChI is InChI=1S/C26H38N6O6/c1-5-8-21(25(36)37-4)32-23(34)20(9-7-14-29-26(27)28)31-24(35)22(30-17(3)33)16-18-10-12-19(13-11-18)38-15-6-2/h5-6,10-13,20-22H,1-2,7-9,14-16H2,3-4H3,(H,30,33)(H,31,35)(H,32,34)(H4,27,28,29)/p+1/t20-,21-,22-/m0/s1. The van der Waals surface area contributed by atoms with Gasteiger partial charge in [-0.25, -0.2) is 4.79 Å². The van der Waals surface area contributed by atoms with E-state index in [1.54, 1.807) is 30.3 Å². The largest absolute Gasteiger partial charge is 0.490 e. The van der Waals surface area contributed by atoms with E-state index in [0.717, 1.165) is 5.56 Å². The molecular formula is C26H39N6O6+. The zero-order valence-electron chi connectivity index (χ0n) is 22.0. The molecule has 0 aliphatic rings. The Kier molecular flexibility index (Phi) is 14.3. The maximum atomic E-state index is 13.2. The highest BCUT2D eigenvalue weighted by Gasteiger charge is 2.29. The van der Waals surface area contributed by atoms with E-state index in [4.69, 9.17) is 20.9 Å². The number of nitrogens with two attached hydrogens (primary N) is 2. The van der Waals surface area contributed by atoms with Crippen LogP contribution in [0.5, 0.6) is 5.75 Å². The van der Waals surface area contributed by atoms with Gasteiger partial charge in [0.2, 0.25) is 17.7 Å². The second-order valence-electron chi connectivity index (χ2n) is 8.40. The van der Waals surface area contributed by atoms with E-state index < -0.39 is 41.8 Å². The number of benzene rings is 1. The molecule has 0 radical (unpaired) electrons. The normalized spacial score (nSPS) is 12.6. The van der Waals surface area contributed by atoms with Crippen molar-refractivity contribution in [1.82, 2.24) is 16.0 Å². The Balaban J connectivity index is 3.06. The predicted molar refractivity (Wildman–Crippen MR) is 143 cm³/mol. The molecule has 38 heavy (non-hydrogen) atoms. The Hall–Kier alpha value is -4.35. The van der Waals surface area contributed by atoms with E-state index >= 15 is 0 Å². The van der Waals surface area contributed by atoms with Gasteiger partial charge in [-0.15, -0.1) is 6.58 Å². The number of hydrogen-bond acceptors (Lipinski definition) is 6. The van der Waals surface area contributed by atoms with Crippen molar-refractivity contribution in [2.45, 2.75) is 50.7 Å². The topological polar surface area (TPSA) is 189 Å². The number of rotatable bonds is 17. The maximum absolute atomic E-state index is 13.2. The summed E-state index contributed by atoms with van der Waals surface area (Å²) in [6, 6.07) is 4.10. The van der Waals surface area contributed by atoms with E-state index in [1.165, 1.54) is 20.1 Å². The molecule has 12 nitrogen and oxygen atoms in total. The van der Waals surface area contributed by atoms with Crippen molar-refractivity contribution in [2.24, 2.45) is 11.5 Å². The molecule has 1 aromatic carbocycles. The first kappa shape index (κ1) is 31.7. The highest BCUT2D eigenvalue weighted by Crippen LogP contribution is 2.14. The minimum Gasteiger partial charge on any atom is -0.490 e. The molecule has 0 aliphatic heterocycles. The fourth-order valence-electron chi connectivity index (χ4n) is 3.44. The number of nitrogens with one attached hydrogen (secondary N) is 4. The van der Waals surface area contributed by atoms with Crippen LogP contribution in [0.4, 0.5) is 0 Å². The average molecular weight is 532 g/mol. The van der Waals surface area contributed by atoms with Gasteiger partial charge in [-0.3, -0.25) is 30.8 Å². The molecule has 3 atom stereocenters. The number of hydrogen-bond donors (Lipinski definition) is 6. The second kappa shape index (κ2) is 17.2. The zero-order valence-corrected chi connectivity index (χ0v) is 22.0. The minimum absolute atomic E-state index is 0.0263. The van der Waals surface area contributed by atoms with Crippen molar-refractivity contribution in [3.05, 3.63) is 55.1 Å². The van der Waals surface area contributed by atoms with Crippen LogP contribution in [0.1, 0.15) is 31.7 Å². The molecule has 1 rings (SSSR count). The van der Waals surface area contributed by atoms with Gasteiger partial charge in [-0.2, -0.15) is 0 Å². The smallest absolute Gasteiger partial charge is 0.338 e. The Morgan fingerprint density at radius 2 is 1.61 bits per heavy atom. The molecule has 0 fully saturated rings. The summed E-state index contributed by atoms with van der Waals surface area (Å²) in [5.74, 6) is -1.55. The van der Waals surface area contributed by atoms with Crippen molar-refractivity contribution >= 4 is 29.7 Å². The molecule has 1 aromatic rings. The number of ether oxygens (including phenoxy) is 2. The summed E-state index contributed by atoms with van der Waals surface area (Å²) in [7, 11) is 1.21.